The number of furan rings is 1. The molecule has 0 saturated heterocycles. The molecular weight excluding hydrogens is 300 g/mol. The highest BCUT2D eigenvalue weighted by atomic mass is 16.5. The van der Waals surface area contributed by atoms with Crippen LogP contribution in [0.1, 0.15) is 0 Å². The molecule has 8 heteroatoms. The lowest BCUT2D eigenvalue weighted by molar-refractivity contribution is -0.116. The van der Waals surface area contributed by atoms with Crippen LogP contribution in [0.25, 0.3) is 22.1 Å². The van der Waals surface area contributed by atoms with Crippen molar-refractivity contribution >= 4 is 33.7 Å². The van der Waals surface area contributed by atoms with Gasteiger partial charge in [0.2, 0.25) is 11.5 Å². The number of carbonyl (C=O) groups excluding carboxylic acids is 1. The van der Waals surface area contributed by atoms with Gasteiger partial charge in [0.05, 0.1) is 12.5 Å². The first kappa shape index (κ1) is 13.3. The molecule has 0 fully saturated rings. The Bertz CT molecular complexity index is 1060. The Kier molecular flexibility index (Phi) is 2.94. The van der Waals surface area contributed by atoms with E-state index in [1.807, 2.05) is 18.2 Å². The summed E-state index contributed by atoms with van der Waals surface area (Å²) in [6.07, 6.45) is 3.99. The van der Waals surface area contributed by atoms with E-state index in [0.717, 1.165) is 5.39 Å². The minimum Gasteiger partial charge on any atom is -0.448 e. The Morgan fingerprint density at radius 3 is 3.00 bits per heavy atom. The van der Waals surface area contributed by atoms with Crippen LogP contribution in [0.15, 0.2) is 56.8 Å². The number of para-hydroxylation sites is 1. The Hall–Kier alpha value is -3.42. The molecule has 1 amide bonds. The monoisotopic (exact) mass is 310 g/mol. The Labute approximate surface area is 128 Å². The number of carbonyl (C=O) groups is 1. The first-order valence-electron chi connectivity index (χ1n) is 6.78. The third kappa shape index (κ3) is 2.26. The summed E-state index contributed by atoms with van der Waals surface area (Å²) in [5.41, 5.74) is 1.21. The lowest BCUT2D eigenvalue weighted by Crippen LogP contribution is -2.27. The maximum Gasteiger partial charge on any atom is 0.297 e. The molecule has 0 atom stereocenters. The smallest absolute Gasteiger partial charge is 0.297 e. The van der Waals surface area contributed by atoms with Crippen molar-refractivity contribution < 1.29 is 13.7 Å². The zero-order valence-electron chi connectivity index (χ0n) is 11.7. The first-order chi connectivity index (χ1) is 11.2. The van der Waals surface area contributed by atoms with E-state index < -0.39 is 11.5 Å². The molecule has 0 aliphatic carbocycles. The fourth-order valence-electron chi connectivity index (χ4n) is 2.35. The molecule has 3 aromatic heterocycles. The predicted octanol–water partition coefficient (Wildman–Crippen LogP) is 1.77. The third-order valence-corrected chi connectivity index (χ3v) is 3.38. The number of nitrogens with zero attached hydrogens (tertiary/aromatic N) is 3. The molecule has 23 heavy (non-hydrogen) atoms. The second-order valence-electron chi connectivity index (χ2n) is 4.91. The molecule has 114 valence electrons. The van der Waals surface area contributed by atoms with Crippen LogP contribution in [0.3, 0.4) is 0 Å². The van der Waals surface area contributed by atoms with E-state index in [9.17, 15) is 9.59 Å². The van der Waals surface area contributed by atoms with Crippen molar-refractivity contribution in [2.75, 3.05) is 5.32 Å². The van der Waals surface area contributed by atoms with E-state index in [4.69, 9.17) is 4.42 Å². The number of aromatic nitrogens is 3. The maximum absolute atomic E-state index is 12.5. The summed E-state index contributed by atoms with van der Waals surface area (Å²) in [4.78, 5) is 28.6. The maximum atomic E-state index is 12.5. The summed E-state index contributed by atoms with van der Waals surface area (Å²) in [6, 6.07) is 7.25. The third-order valence-electron chi connectivity index (χ3n) is 3.38. The minimum absolute atomic E-state index is 0.131. The van der Waals surface area contributed by atoms with Crippen molar-refractivity contribution in [3.05, 3.63) is 53.4 Å². The van der Waals surface area contributed by atoms with E-state index >= 15 is 0 Å². The van der Waals surface area contributed by atoms with Crippen LogP contribution >= 0.6 is 0 Å². The molecular formula is C15H10N4O4. The Morgan fingerprint density at radius 1 is 1.30 bits per heavy atom. The molecule has 1 N–H and O–H groups in total. The molecule has 8 nitrogen and oxygen atoms in total. The van der Waals surface area contributed by atoms with Crippen molar-refractivity contribution in [2.45, 2.75) is 6.54 Å². The predicted molar refractivity (Wildman–Crippen MR) is 80.9 cm³/mol. The number of amides is 1. The molecule has 3 heterocycles. The molecule has 0 radical (unpaired) electrons. The zero-order chi connectivity index (χ0) is 15.8. The van der Waals surface area contributed by atoms with Gasteiger partial charge in [-0.05, 0) is 12.1 Å². The molecule has 4 rings (SSSR count). The normalized spacial score (nSPS) is 11.1. The SMILES string of the molecule is O=C(Cn1cnc2c(oc3ccccc32)c1=O)Nc1cnoc1. The number of rotatable bonds is 3. The summed E-state index contributed by atoms with van der Waals surface area (Å²) >= 11 is 0. The number of hydrogen-bond acceptors (Lipinski definition) is 6. The lowest BCUT2D eigenvalue weighted by Gasteiger charge is -2.04. The van der Waals surface area contributed by atoms with Gasteiger partial charge in [-0.15, -0.1) is 0 Å². The van der Waals surface area contributed by atoms with Gasteiger partial charge >= 0.3 is 0 Å². The standard InChI is InChI=1S/C15H10N4O4/c20-12(18-9-5-17-22-7-9)6-19-8-16-13-10-3-1-2-4-11(10)23-14(13)15(19)21/h1-5,7-8H,6H2,(H,18,20). The Morgan fingerprint density at radius 2 is 2.17 bits per heavy atom. The van der Waals surface area contributed by atoms with Crippen LogP contribution < -0.4 is 10.9 Å². The summed E-state index contributed by atoms with van der Waals surface area (Å²) in [5, 5.41) is 6.80. The van der Waals surface area contributed by atoms with Gasteiger partial charge in [-0.3, -0.25) is 14.2 Å². The van der Waals surface area contributed by atoms with E-state index in [1.54, 1.807) is 6.07 Å². The first-order valence-corrected chi connectivity index (χ1v) is 6.78. The summed E-state index contributed by atoms with van der Waals surface area (Å²) in [7, 11) is 0. The van der Waals surface area contributed by atoms with Crippen molar-refractivity contribution in [1.82, 2.24) is 14.7 Å². The van der Waals surface area contributed by atoms with Crippen LogP contribution in [0.2, 0.25) is 0 Å². The van der Waals surface area contributed by atoms with Gasteiger partial charge in [-0.2, -0.15) is 0 Å². The van der Waals surface area contributed by atoms with Gasteiger partial charge < -0.3 is 14.3 Å². The fourth-order valence-corrected chi connectivity index (χ4v) is 2.35. The summed E-state index contributed by atoms with van der Waals surface area (Å²) in [5.74, 6) is -0.396. The van der Waals surface area contributed by atoms with Crippen LogP contribution in [0.4, 0.5) is 5.69 Å². The second-order valence-corrected chi connectivity index (χ2v) is 4.91. The fraction of sp³-hybridized carbons (Fsp3) is 0.0667. The van der Waals surface area contributed by atoms with Crippen molar-refractivity contribution in [2.24, 2.45) is 0 Å². The van der Waals surface area contributed by atoms with Crippen LogP contribution in [0, 0.1) is 0 Å². The number of hydrogen-bond donors (Lipinski definition) is 1. The van der Waals surface area contributed by atoms with Crippen LogP contribution in [-0.2, 0) is 11.3 Å². The van der Waals surface area contributed by atoms with Crippen LogP contribution in [-0.4, -0.2) is 20.6 Å². The molecule has 1 aromatic carbocycles. The van der Waals surface area contributed by atoms with E-state index in [-0.39, 0.29) is 12.1 Å². The molecule has 0 aliphatic heterocycles. The largest absolute Gasteiger partial charge is 0.448 e. The molecule has 0 saturated carbocycles. The molecule has 4 aromatic rings. The topological polar surface area (TPSA) is 103 Å². The van der Waals surface area contributed by atoms with E-state index in [0.29, 0.717) is 16.8 Å². The van der Waals surface area contributed by atoms with Gasteiger partial charge in [0, 0.05) is 5.39 Å². The van der Waals surface area contributed by atoms with Gasteiger partial charge in [0.1, 0.15) is 29.6 Å². The van der Waals surface area contributed by atoms with Gasteiger partial charge in [-0.1, -0.05) is 17.3 Å². The van der Waals surface area contributed by atoms with Gasteiger partial charge in [-0.25, -0.2) is 4.98 Å². The average molecular weight is 310 g/mol. The number of benzene rings is 1. The van der Waals surface area contributed by atoms with Crippen LogP contribution in [0.5, 0.6) is 0 Å². The van der Waals surface area contributed by atoms with E-state index in [2.05, 4.69) is 20.0 Å². The highest BCUT2D eigenvalue weighted by Crippen LogP contribution is 2.23. The quantitative estimate of drug-likeness (QED) is 0.618. The molecule has 0 spiro atoms. The van der Waals surface area contributed by atoms with E-state index in [1.165, 1.54) is 23.4 Å². The summed E-state index contributed by atoms with van der Waals surface area (Å²) < 4.78 is 11.4. The number of fused-ring (bicyclic) bond motifs is 3. The molecule has 0 bridgehead atoms. The highest BCUT2D eigenvalue weighted by Gasteiger charge is 2.14. The molecule has 0 aliphatic rings. The number of anilines is 1. The van der Waals surface area contributed by atoms with Crippen molar-refractivity contribution in [3.8, 4) is 0 Å². The number of nitrogens with one attached hydrogen (secondary N) is 1. The highest BCUT2D eigenvalue weighted by molar-refractivity contribution is 6.01. The zero-order valence-corrected chi connectivity index (χ0v) is 11.7. The van der Waals surface area contributed by atoms with Crippen molar-refractivity contribution in [1.29, 1.82) is 0 Å². The molecule has 0 unspecified atom stereocenters. The summed E-state index contributed by atoms with van der Waals surface area (Å²) in [6.45, 7) is -0.190. The minimum atomic E-state index is -0.410. The average Bonchev–Trinajstić information content (AvgIpc) is 3.17. The Balaban J connectivity index is 1.70. The van der Waals surface area contributed by atoms with Crippen molar-refractivity contribution in [3.63, 3.8) is 0 Å². The lowest BCUT2D eigenvalue weighted by atomic mass is 10.2. The van der Waals surface area contributed by atoms with Gasteiger partial charge in [0.25, 0.3) is 5.56 Å². The second kappa shape index (κ2) is 5.09. The van der Waals surface area contributed by atoms with Gasteiger partial charge in [0.15, 0.2) is 0 Å².